The van der Waals surface area contributed by atoms with Gasteiger partial charge in [0.15, 0.2) is 0 Å². The molecule has 2 rings (SSSR count). The molecule has 3 heteroatoms. The Kier molecular flexibility index (Phi) is 3.77. The first kappa shape index (κ1) is 11.7. The standard InChI is InChI=1S/C14H17N3/c1-2-3-6-11-17-13-8-5-4-7-12(13)16-14(17)9-10-15/h4-5,7-8H,2-3,6,9,11H2,1H3. The summed E-state index contributed by atoms with van der Waals surface area (Å²) in [7, 11) is 0. The van der Waals surface area contributed by atoms with Crippen LogP contribution in [0.3, 0.4) is 0 Å². The van der Waals surface area contributed by atoms with Gasteiger partial charge in [0.1, 0.15) is 5.82 Å². The molecule has 2 aromatic rings. The van der Waals surface area contributed by atoms with E-state index in [1.54, 1.807) is 0 Å². The zero-order chi connectivity index (χ0) is 12.1. The van der Waals surface area contributed by atoms with E-state index in [0.29, 0.717) is 6.42 Å². The van der Waals surface area contributed by atoms with Crippen LogP contribution in [-0.4, -0.2) is 9.55 Å². The first-order valence-corrected chi connectivity index (χ1v) is 6.18. The third-order valence-corrected chi connectivity index (χ3v) is 2.96. The van der Waals surface area contributed by atoms with E-state index in [1.165, 1.54) is 12.8 Å². The van der Waals surface area contributed by atoms with E-state index in [9.17, 15) is 0 Å². The summed E-state index contributed by atoms with van der Waals surface area (Å²) in [6, 6.07) is 10.3. The molecule has 0 spiro atoms. The van der Waals surface area contributed by atoms with Crippen molar-refractivity contribution in [3.63, 3.8) is 0 Å². The SMILES string of the molecule is CCCCCn1c(CC#N)nc2ccccc21. The smallest absolute Gasteiger partial charge is 0.124 e. The van der Waals surface area contributed by atoms with Crippen molar-refractivity contribution in [2.45, 2.75) is 39.2 Å². The molecule has 3 nitrogen and oxygen atoms in total. The first-order valence-electron chi connectivity index (χ1n) is 6.18. The topological polar surface area (TPSA) is 41.6 Å². The second-order valence-corrected chi connectivity index (χ2v) is 4.21. The highest BCUT2D eigenvalue weighted by Gasteiger charge is 2.08. The fourth-order valence-electron chi connectivity index (χ4n) is 2.10. The maximum atomic E-state index is 8.84. The normalized spacial score (nSPS) is 10.6. The molecule has 1 aromatic heterocycles. The molecule has 0 unspecified atom stereocenters. The van der Waals surface area contributed by atoms with Crippen molar-refractivity contribution in [2.75, 3.05) is 0 Å². The van der Waals surface area contributed by atoms with Crippen LogP contribution in [0, 0.1) is 11.3 Å². The van der Waals surface area contributed by atoms with E-state index >= 15 is 0 Å². The van der Waals surface area contributed by atoms with E-state index < -0.39 is 0 Å². The summed E-state index contributed by atoms with van der Waals surface area (Å²) in [5.74, 6) is 0.893. The first-order chi connectivity index (χ1) is 8.36. The van der Waals surface area contributed by atoms with Crippen LogP contribution in [0.5, 0.6) is 0 Å². The Morgan fingerprint density at radius 1 is 1.29 bits per heavy atom. The van der Waals surface area contributed by atoms with Crippen LogP contribution < -0.4 is 0 Å². The van der Waals surface area contributed by atoms with Gasteiger partial charge in [-0.15, -0.1) is 0 Å². The number of aromatic nitrogens is 2. The van der Waals surface area contributed by atoms with E-state index in [0.717, 1.165) is 29.8 Å². The second-order valence-electron chi connectivity index (χ2n) is 4.21. The molecular formula is C14H17N3. The number of hydrogen-bond acceptors (Lipinski definition) is 2. The van der Waals surface area contributed by atoms with Crippen LogP contribution in [-0.2, 0) is 13.0 Å². The van der Waals surface area contributed by atoms with Crippen LogP contribution in [0.25, 0.3) is 11.0 Å². The number of nitriles is 1. The monoisotopic (exact) mass is 227 g/mol. The van der Waals surface area contributed by atoms with Gasteiger partial charge < -0.3 is 4.57 Å². The summed E-state index contributed by atoms with van der Waals surface area (Å²) in [5, 5.41) is 8.84. The highest BCUT2D eigenvalue weighted by atomic mass is 15.1. The molecule has 1 heterocycles. The number of para-hydroxylation sites is 2. The predicted octanol–water partition coefficient (Wildman–Crippen LogP) is 3.29. The summed E-state index contributed by atoms with van der Waals surface area (Å²) >= 11 is 0. The molecule has 0 N–H and O–H groups in total. The quantitative estimate of drug-likeness (QED) is 0.735. The Hall–Kier alpha value is -1.82. The van der Waals surface area contributed by atoms with Crippen LogP contribution in [0.4, 0.5) is 0 Å². The molecule has 0 atom stereocenters. The Balaban J connectivity index is 2.34. The van der Waals surface area contributed by atoms with Gasteiger partial charge in [-0.1, -0.05) is 31.9 Å². The van der Waals surface area contributed by atoms with Crippen LogP contribution in [0.15, 0.2) is 24.3 Å². The minimum Gasteiger partial charge on any atom is -0.327 e. The van der Waals surface area contributed by atoms with E-state index in [1.807, 2.05) is 18.2 Å². The molecule has 17 heavy (non-hydrogen) atoms. The molecular weight excluding hydrogens is 210 g/mol. The number of unbranched alkanes of at least 4 members (excludes halogenated alkanes) is 2. The zero-order valence-corrected chi connectivity index (χ0v) is 10.2. The van der Waals surface area contributed by atoms with Crippen molar-refractivity contribution in [1.29, 1.82) is 5.26 Å². The van der Waals surface area contributed by atoms with Gasteiger partial charge in [0, 0.05) is 6.54 Å². The molecule has 0 saturated heterocycles. The summed E-state index contributed by atoms with van der Waals surface area (Å²) in [5.41, 5.74) is 2.14. The fraction of sp³-hybridized carbons (Fsp3) is 0.429. The van der Waals surface area contributed by atoms with Gasteiger partial charge in [-0.05, 0) is 18.6 Å². The van der Waals surface area contributed by atoms with Crippen molar-refractivity contribution in [2.24, 2.45) is 0 Å². The average molecular weight is 227 g/mol. The van der Waals surface area contributed by atoms with Crippen molar-refractivity contribution < 1.29 is 0 Å². The maximum absolute atomic E-state index is 8.84. The van der Waals surface area contributed by atoms with E-state index in [4.69, 9.17) is 5.26 Å². The number of nitrogens with zero attached hydrogens (tertiary/aromatic N) is 3. The number of rotatable bonds is 5. The molecule has 0 amide bonds. The van der Waals surface area contributed by atoms with Gasteiger partial charge in [0.25, 0.3) is 0 Å². The molecule has 0 radical (unpaired) electrons. The second kappa shape index (κ2) is 5.49. The van der Waals surface area contributed by atoms with E-state index in [2.05, 4.69) is 28.6 Å². The lowest BCUT2D eigenvalue weighted by Gasteiger charge is -2.06. The summed E-state index contributed by atoms with van der Waals surface area (Å²) in [6.07, 6.45) is 3.97. The molecule has 1 aromatic carbocycles. The number of aryl methyl sites for hydroxylation is 1. The molecule has 88 valence electrons. The Bertz CT molecular complexity index is 534. The molecule has 0 fully saturated rings. The number of hydrogen-bond donors (Lipinski definition) is 0. The van der Waals surface area contributed by atoms with E-state index in [-0.39, 0.29) is 0 Å². The molecule has 0 aliphatic heterocycles. The van der Waals surface area contributed by atoms with Crippen molar-refractivity contribution in [3.05, 3.63) is 30.1 Å². The summed E-state index contributed by atoms with van der Waals surface area (Å²) in [4.78, 5) is 4.52. The zero-order valence-electron chi connectivity index (χ0n) is 10.2. The van der Waals surface area contributed by atoms with Gasteiger partial charge in [-0.3, -0.25) is 0 Å². The van der Waals surface area contributed by atoms with Crippen molar-refractivity contribution >= 4 is 11.0 Å². The molecule has 0 aliphatic rings. The average Bonchev–Trinajstić information content (AvgIpc) is 2.69. The predicted molar refractivity (Wildman–Crippen MR) is 68.6 cm³/mol. The number of benzene rings is 1. The number of fused-ring (bicyclic) bond motifs is 1. The Labute approximate surface area is 102 Å². The molecule has 0 saturated carbocycles. The Morgan fingerprint density at radius 3 is 2.88 bits per heavy atom. The lowest BCUT2D eigenvalue weighted by atomic mass is 10.2. The largest absolute Gasteiger partial charge is 0.327 e. The van der Waals surface area contributed by atoms with Gasteiger partial charge in [-0.25, -0.2) is 4.98 Å². The fourth-order valence-corrected chi connectivity index (χ4v) is 2.10. The Morgan fingerprint density at radius 2 is 2.12 bits per heavy atom. The third kappa shape index (κ3) is 2.47. The number of imidazole rings is 1. The van der Waals surface area contributed by atoms with Gasteiger partial charge in [-0.2, -0.15) is 5.26 Å². The van der Waals surface area contributed by atoms with Crippen LogP contribution in [0.1, 0.15) is 32.0 Å². The molecule has 0 bridgehead atoms. The van der Waals surface area contributed by atoms with Crippen molar-refractivity contribution in [3.8, 4) is 6.07 Å². The van der Waals surface area contributed by atoms with Crippen LogP contribution in [0.2, 0.25) is 0 Å². The van der Waals surface area contributed by atoms with Gasteiger partial charge in [0.05, 0.1) is 23.5 Å². The van der Waals surface area contributed by atoms with Gasteiger partial charge in [0.2, 0.25) is 0 Å². The van der Waals surface area contributed by atoms with Gasteiger partial charge >= 0.3 is 0 Å². The molecule has 0 aliphatic carbocycles. The highest BCUT2D eigenvalue weighted by molar-refractivity contribution is 5.75. The lowest BCUT2D eigenvalue weighted by molar-refractivity contribution is 0.598. The summed E-state index contributed by atoms with van der Waals surface area (Å²) in [6.45, 7) is 3.16. The van der Waals surface area contributed by atoms with Crippen LogP contribution >= 0.6 is 0 Å². The summed E-state index contributed by atoms with van der Waals surface area (Å²) < 4.78 is 2.19. The maximum Gasteiger partial charge on any atom is 0.124 e. The minimum absolute atomic E-state index is 0.390. The van der Waals surface area contributed by atoms with Crippen molar-refractivity contribution in [1.82, 2.24) is 9.55 Å². The highest BCUT2D eigenvalue weighted by Crippen LogP contribution is 2.17. The third-order valence-electron chi connectivity index (χ3n) is 2.96. The minimum atomic E-state index is 0.390. The lowest BCUT2D eigenvalue weighted by Crippen LogP contribution is -2.03.